The Hall–Kier alpha value is -2.42. The maximum absolute atomic E-state index is 12.3. The predicted octanol–water partition coefficient (Wildman–Crippen LogP) is 0.616. The lowest BCUT2D eigenvalue weighted by molar-refractivity contribution is -0.134. The minimum atomic E-state index is -3.10. The number of hydrogen-bond acceptors (Lipinski definition) is 6. The Bertz CT molecular complexity index is 866. The molecule has 0 bridgehead atoms. The van der Waals surface area contributed by atoms with Crippen LogP contribution in [0.15, 0.2) is 24.3 Å². The number of carbonyl (C=O) groups is 3. The van der Waals surface area contributed by atoms with Crippen LogP contribution in [0, 0.1) is 0 Å². The third kappa shape index (κ3) is 4.47. The first-order chi connectivity index (χ1) is 12.8. The summed E-state index contributed by atoms with van der Waals surface area (Å²) in [6.45, 7) is 0.156. The highest BCUT2D eigenvalue weighted by Gasteiger charge is 2.33. The number of ether oxygens (including phenoxy) is 1. The summed E-state index contributed by atoms with van der Waals surface area (Å²) >= 11 is 0. The molecule has 3 rings (SSSR count). The van der Waals surface area contributed by atoms with E-state index >= 15 is 0 Å². The average Bonchev–Trinajstić information content (AvgIpc) is 3.23. The molecule has 1 aromatic rings. The number of hydrogen-bond donors (Lipinski definition) is 0. The van der Waals surface area contributed by atoms with Gasteiger partial charge in [0.1, 0.15) is 0 Å². The van der Waals surface area contributed by atoms with E-state index < -0.39 is 28.3 Å². The zero-order chi connectivity index (χ0) is 19.6. The van der Waals surface area contributed by atoms with E-state index in [1.807, 2.05) is 0 Å². The molecule has 1 atom stereocenters. The van der Waals surface area contributed by atoms with Crippen LogP contribution in [-0.2, 0) is 24.2 Å². The van der Waals surface area contributed by atoms with Crippen molar-refractivity contribution in [3.63, 3.8) is 0 Å². The van der Waals surface area contributed by atoms with Gasteiger partial charge in [-0.3, -0.25) is 9.59 Å². The van der Waals surface area contributed by atoms with Crippen LogP contribution in [0.4, 0.5) is 5.69 Å². The van der Waals surface area contributed by atoms with E-state index in [1.165, 1.54) is 11.9 Å². The van der Waals surface area contributed by atoms with Crippen molar-refractivity contribution in [3.8, 4) is 0 Å². The quantitative estimate of drug-likeness (QED) is 0.679. The van der Waals surface area contributed by atoms with E-state index in [9.17, 15) is 22.8 Å². The number of rotatable bonds is 5. The van der Waals surface area contributed by atoms with Gasteiger partial charge in [-0.1, -0.05) is 6.07 Å². The highest BCUT2D eigenvalue weighted by molar-refractivity contribution is 7.91. The summed E-state index contributed by atoms with van der Waals surface area (Å²) in [5.74, 6) is -1.09. The molecule has 0 N–H and O–H groups in total. The molecule has 0 aromatic heterocycles. The summed E-state index contributed by atoms with van der Waals surface area (Å²) in [5, 5.41) is 0. The third-order valence-electron chi connectivity index (χ3n) is 4.94. The molecule has 0 saturated carbocycles. The Kier molecular flexibility index (Phi) is 5.50. The summed E-state index contributed by atoms with van der Waals surface area (Å²) in [6, 6.07) is 6.16. The topological polar surface area (TPSA) is 101 Å². The molecular weight excluding hydrogens is 372 g/mol. The minimum absolute atomic E-state index is 0.0174. The predicted molar refractivity (Wildman–Crippen MR) is 98.1 cm³/mol. The van der Waals surface area contributed by atoms with Crippen LogP contribution < -0.4 is 4.90 Å². The molecule has 2 aliphatic heterocycles. The van der Waals surface area contributed by atoms with Crippen LogP contribution >= 0.6 is 0 Å². The van der Waals surface area contributed by atoms with Crippen molar-refractivity contribution in [2.45, 2.75) is 25.3 Å². The fourth-order valence-corrected chi connectivity index (χ4v) is 5.09. The molecule has 0 unspecified atom stereocenters. The summed E-state index contributed by atoms with van der Waals surface area (Å²) in [6.07, 6.45) is 1.67. The number of benzene rings is 1. The first kappa shape index (κ1) is 19.3. The van der Waals surface area contributed by atoms with E-state index in [0.29, 0.717) is 25.1 Å². The van der Waals surface area contributed by atoms with Gasteiger partial charge in [-0.25, -0.2) is 13.2 Å². The highest BCUT2D eigenvalue weighted by atomic mass is 32.2. The van der Waals surface area contributed by atoms with Crippen LogP contribution in [0.5, 0.6) is 0 Å². The molecule has 27 heavy (non-hydrogen) atoms. The summed E-state index contributed by atoms with van der Waals surface area (Å²) in [7, 11) is -1.58. The second kappa shape index (κ2) is 7.67. The number of esters is 1. The molecular formula is C18H22N2O6S. The van der Waals surface area contributed by atoms with Crippen LogP contribution in [0.1, 0.15) is 29.6 Å². The first-order valence-corrected chi connectivity index (χ1v) is 10.6. The van der Waals surface area contributed by atoms with Gasteiger partial charge in [-0.05, 0) is 31.0 Å². The number of nitrogens with zero attached hydrogens (tertiary/aromatic N) is 2. The fourth-order valence-electron chi connectivity index (χ4n) is 3.32. The lowest BCUT2D eigenvalue weighted by Crippen LogP contribution is -2.40. The monoisotopic (exact) mass is 394 g/mol. The van der Waals surface area contributed by atoms with Gasteiger partial charge in [-0.2, -0.15) is 0 Å². The van der Waals surface area contributed by atoms with Crippen molar-refractivity contribution in [2.75, 3.05) is 36.6 Å². The zero-order valence-corrected chi connectivity index (χ0v) is 15.9. The van der Waals surface area contributed by atoms with Crippen LogP contribution in [0.25, 0.3) is 0 Å². The average molecular weight is 394 g/mol. The smallest absolute Gasteiger partial charge is 0.338 e. The molecule has 2 saturated heterocycles. The number of anilines is 1. The molecule has 0 radical (unpaired) electrons. The van der Waals surface area contributed by atoms with E-state index in [2.05, 4.69) is 0 Å². The van der Waals surface area contributed by atoms with Gasteiger partial charge in [0.2, 0.25) is 5.91 Å². The van der Waals surface area contributed by atoms with E-state index in [1.54, 1.807) is 29.2 Å². The third-order valence-corrected chi connectivity index (χ3v) is 6.69. The zero-order valence-electron chi connectivity index (χ0n) is 15.1. The van der Waals surface area contributed by atoms with Crippen LogP contribution in [-0.4, -0.2) is 68.8 Å². The number of carbonyl (C=O) groups excluding carboxylic acids is 3. The van der Waals surface area contributed by atoms with Crippen molar-refractivity contribution in [1.82, 2.24) is 4.90 Å². The Balaban J connectivity index is 1.57. The lowest BCUT2D eigenvalue weighted by atomic mass is 10.2. The van der Waals surface area contributed by atoms with Gasteiger partial charge >= 0.3 is 5.97 Å². The van der Waals surface area contributed by atoms with Crippen molar-refractivity contribution >= 4 is 33.3 Å². The Labute approximate surface area is 158 Å². The van der Waals surface area contributed by atoms with Crippen molar-refractivity contribution < 1.29 is 27.5 Å². The van der Waals surface area contributed by atoms with Crippen LogP contribution in [0.2, 0.25) is 0 Å². The van der Waals surface area contributed by atoms with Crippen molar-refractivity contribution in [1.29, 1.82) is 0 Å². The Morgan fingerprint density at radius 2 is 2.11 bits per heavy atom. The molecule has 146 valence electrons. The van der Waals surface area contributed by atoms with E-state index in [-0.39, 0.29) is 29.0 Å². The maximum Gasteiger partial charge on any atom is 0.338 e. The van der Waals surface area contributed by atoms with E-state index in [4.69, 9.17) is 4.74 Å². The van der Waals surface area contributed by atoms with Gasteiger partial charge in [0.25, 0.3) is 5.91 Å². The summed E-state index contributed by atoms with van der Waals surface area (Å²) < 4.78 is 28.1. The summed E-state index contributed by atoms with van der Waals surface area (Å²) in [5.41, 5.74) is 0.887. The van der Waals surface area contributed by atoms with Crippen molar-refractivity contribution in [3.05, 3.63) is 29.8 Å². The van der Waals surface area contributed by atoms with Gasteiger partial charge in [0, 0.05) is 31.7 Å². The maximum atomic E-state index is 12.3. The standard InChI is InChI=1S/C18H22N2O6S/c1-19(15-7-9-27(24,25)12-15)17(22)11-26-18(23)13-4-2-5-14(10-13)20-8-3-6-16(20)21/h2,4-5,10,15H,3,6-9,11-12H2,1H3/t15-/m1/s1. The van der Waals surface area contributed by atoms with Crippen LogP contribution in [0.3, 0.4) is 0 Å². The highest BCUT2D eigenvalue weighted by Crippen LogP contribution is 2.22. The molecule has 8 nitrogen and oxygen atoms in total. The molecule has 0 aliphatic carbocycles. The SMILES string of the molecule is CN(C(=O)COC(=O)c1cccc(N2CCCC2=O)c1)[C@@H]1CCS(=O)(=O)C1. The lowest BCUT2D eigenvalue weighted by Gasteiger charge is -2.23. The Morgan fingerprint density at radius 3 is 2.74 bits per heavy atom. The fraction of sp³-hybridized carbons (Fsp3) is 0.500. The number of likely N-dealkylation sites (N-methyl/N-ethyl adjacent to an activating group) is 1. The van der Waals surface area contributed by atoms with Gasteiger partial charge in [0.05, 0.1) is 17.1 Å². The molecule has 9 heteroatoms. The molecule has 0 spiro atoms. The second-order valence-corrected chi connectivity index (χ2v) is 9.07. The number of sulfone groups is 1. The van der Waals surface area contributed by atoms with Crippen molar-refractivity contribution in [2.24, 2.45) is 0 Å². The molecule has 1 aromatic carbocycles. The summed E-state index contributed by atoms with van der Waals surface area (Å²) in [4.78, 5) is 39.2. The van der Waals surface area contributed by atoms with E-state index in [0.717, 1.165) is 6.42 Å². The molecule has 2 fully saturated rings. The number of amides is 2. The second-order valence-electron chi connectivity index (χ2n) is 6.84. The molecule has 2 amide bonds. The normalized spacial score (nSPS) is 21.3. The molecule has 2 heterocycles. The largest absolute Gasteiger partial charge is 0.452 e. The Morgan fingerprint density at radius 1 is 1.33 bits per heavy atom. The van der Waals surface area contributed by atoms with Gasteiger partial charge in [-0.15, -0.1) is 0 Å². The van der Waals surface area contributed by atoms with Gasteiger partial charge in [0.15, 0.2) is 16.4 Å². The minimum Gasteiger partial charge on any atom is -0.452 e. The first-order valence-electron chi connectivity index (χ1n) is 8.80. The molecule has 2 aliphatic rings. The van der Waals surface area contributed by atoms with Gasteiger partial charge < -0.3 is 14.5 Å².